The number of hydrogen-bond donors (Lipinski definition) is 2. The number of nitrogens with zero attached hydrogens (tertiary/aromatic N) is 2. The van der Waals surface area contributed by atoms with E-state index in [1.54, 1.807) is 37.1 Å². The van der Waals surface area contributed by atoms with Gasteiger partial charge in [-0.3, -0.25) is 9.59 Å². The quantitative estimate of drug-likeness (QED) is 0.543. The van der Waals surface area contributed by atoms with Crippen LogP contribution in [0, 0.1) is 0 Å². The molecule has 1 unspecified atom stereocenters. The number of amides is 2. The highest BCUT2D eigenvalue weighted by atomic mass is 16.5. The molecule has 0 fully saturated rings. The third-order valence-corrected chi connectivity index (χ3v) is 5.60. The number of carbonyl (C=O) groups excluding carboxylic acids is 2. The van der Waals surface area contributed by atoms with E-state index in [2.05, 4.69) is 15.7 Å². The van der Waals surface area contributed by atoms with Crippen molar-refractivity contribution in [2.45, 2.75) is 25.8 Å². The van der Waals surface area contributed by atoms with Gasteiger partial charge in [-0.2, -0.15) is 5.10 Å². The Balaban J connectivity index is 1.60. The van der Waals surface area contributed by atoms with E-state index < -0.39 is 6.04 Å². The summed E-state index contributed by atoms with van der Waals surface area (Å²) < 4.78 is 17.4. The highest BCUT2D eigenvalue weighted by Crippen LogP contribution is 2.39. The molecule has 9 heteroatoms. The summed E-state index contributed by atoms with van der Waals surface area (Å²) in [5.74, 6) is 1.80. The van der Waals surface area contributed by atoms with E-state index in [0.717, 1.165) is 22.6 Å². The maximum atomic E-state index is 12.9. The van der Waals surface area contributed by atoms with Gasteiger partial charge in [0.15, 0.2) is 0 Å². The van der Waals surface area contributed by atoms with Crippen LogP contribution in [0.2, 0.25) is 0 Å². The van der Waals surface area contributed by atoms with Crippen LogP contribution in [0.15, 0.2) is 42.5 Å². The molecule has 2 amide bonds. The number of benzene rings is 2. The molecule has 3 aromatic rings. The summed E-state index contributed by atoms with van der Waals surface area (Å²) in [6, 6.07) is 11.9. The monoisotopic (exact) mass is 450 g/mol. The topological polar surface area (TPSA) is 104 Å². The minimum absolute atomic E-state index is 0.0773. The number of ether oxygens (including phenoxy) is 3. The summed E-state index contributed by atoms with van der Waals surface area (Å²) in [6.07, 6.45) is 0.600. The molecule has 1 atom stereocenters. The molecule has 1 aliphatic heterocycles. The van der Waals surface area contributed by atoms with Gasteiger partial charge in [-0.05, 0) is 36.2 Å². The Morgan fingerprint density at radius 2 is 1.76 bits per heavy atom. The third-order valence-electron chi connectivity index (χ3n) is 5.60. The van der Waals surface area contributed by atoms with Gasteiger partial charge in [-0.1, -0.05) is 19.1 Å². The molecule has 1 aromatic heterocycles. The molecule has 0 spiro atoms. The fourth-order valence-electron chi connectivity index (χ4n) is 3.91. The number of fused-ring (bicyclic) bond motifs is 1. The number of nitrogens with one attached hydrogen (secondary N) is 2. The summed E-state index contributed by atoms with van der Waals surface area (Å²) in [6.45, 7) is 2.00. The minimum Gasteiger partial charge on any atom is -0.497 e. The van der Waals surface area contributed by atoms with Gasteiger partial charge < -0.3 is 24.8 Å². The number of anilines is 2. The predicted molar refractivity (Wildman–Crippen MR) is 124 cm³/mol. The van der Waals surface area contributed by atoms with Crippen LogP contribution in [0.5, 0.6) is 17.2 Å². The highest BCUT2D eigenvalue weighted by Gasteiger charge is 2.36. The van der Waals surface area contributed by atoms with E-state index in [1.165, 1.54) is 7.11 Å². The van der Waals surface area contributed by atoms with Gasteiger partial charge >= 0.3 is 0 Å². The fourth-order valence-corrected chi connectivity index (χ4v) is 3.91. The van der Waals surface area contributed by atoms with E-state index in [9.17, 15) is 9.59 Å². The normalized spacial score (nSPS) is 14.4. The summed E-state index contributed by atoms with van der Waals surface area (Å²) >= 11 is 0. The van der Waals surface area contributed by atoms with Crippen molar-refractivity contribution in [1.82, 2.24) is 9.78 Å². The van der Waals surface area contributed by atoms with Crippen LogP contribution in [-0.4, -0.2) is 42.9 Å². The molecule has 33 heavy (non-hydrogen) atoms. The van der Waals surface area contributed by atoms with Crippen LogP contribution in [0.3, 0.4) is 0 Å². The number of carbonyl (C=O) groups is 2. The molecule has 9 nitrogen and oxygen atoms in total. The van der Waals surface area contributed by atoms with Crippen molar-refractivity contribution in [3.8, 4) is 28.4 Å². The number of methoxy groups -OCH3 is 3. The first kappa shape index (κ1) is 22.2. The van der Waals surface area contributed by atoms with E-state index in [-0.39, 0.29) is 18.2 Å². The molecular formula is C24H26N4O5. The Hall–Kier alpha value is -4.01. The molecular weight excluding hydrogens is 424 g/mol. The number of hydrogen-bond acceptors (Lipinski definition) is 6. The van der Waals surface area contributed by atoms with Crippen LogP contribution < -0.4 is 24.8 Å². The second kappa shape index (κ2) is 9.23. The molecule has 172 valence electrons. The van der Waals surface area contributed by atoms with E-state index in [0.29, 0.717) is 29.4 Å². The van der Waals surface area contributed by atoms with Gasteiger partial charge in [0.25, 0.3) is 5.91 Å². The van der Waals surface area contributed by atoms with Crippen LogP contribution in [0.1, 0.15) is 25.1 Å². The van der Waals surface area contributed by atoms with Gasteiger partial charge in [-0.25, -0.2) is 4.68 Å². The summed E-state index contributed by atoms with van der Waals surface area (Å²) in [5.41, 5.74) is 3.08. The molecule has 0 saturated carbocycles. The van der Waals surface area contributed by atoms with Gasteiger partial charge in [-0.15, -0.1) is 0 Å². The summed E-state index contributed by atoms with van der Waals surface area (Å²) in [5, 5.41) is 10.4. The number of rotatable bonds is 8. The molecule has 4 rings (SSSR count). The molecule has 2 N–H and O–H groups in total. The SMILES string of the molecule is CCc1nn2c(c1-c1ccc(OC)cc1)NC(=O)C2CC(=O)Nc1cc(OC)ccc1OC. The molecule has 0 aliphatic carbocycles. The van der Waals surface area contributed by atoms with E-state index in [1.807, 2.05) is 31.2 Å². The Morgan fingerprint density at radius 3 is 2.39 bits per heavy atom. The van der Waals surface area contributed by atoms with Crippen molar-refractivity contribution in [2.24, 2.45) is 0 Å². The van der Waals surface area contributed by atoms with Gasteiger partial charge in [0.1, 0.15) is 29.1 Å². The second-order valence-electron chi connectivity index (χ2n) is 7.52. The van der Waals surface area contributed by atoms with Gasteiger partial charge in [0, 0.05) is 11.6 Å². The highest BCUT2D eigenvalue weighted by molar-refractivity contribution is 6.04. The van der Waals surface area contributed by atoms with E-state index >= 15 is 0 Å². The van der Waals surface area contributed by atoms with Crippen molar-refractivity contribution >= 4 is 23.3 Å². The summed E-state index contributed by atoms with van der Waals surface area (Å²) in [7, 11) is 4.67. The maximum absolute atomic E-state index is 12.9. The standard InChI is InChI=1S/C24H26N4O5/c1-5-17-22(14-6-8-15(31-2)9-7-14)23-26-24(30)19(28(23)27-17)13-21(29)25-18-12-16(32-3)10-11-20(18)33-4/h6-12,19H,5,13H2,1-4H3,(H,25,29)(H,26,30). The smallest absolute Gasteiger partial charge is 0.251 e. The Bertz CT molecular complexity index is 1190. The Kier molecular flexibility index (Phi) is 6.21. The predicted octanol–water partition coefficient (Wildman–Crippen LogP) is 3.66. The van der Waals surface area contributed by atoms with Crippen LogP contribution in [0.25, 0.3) is 11.1 Å². The summed E-state index contributed by atoms with van der Waals surface area (Å²) in [4.78, 5) is 25.6. The molecule has 0 saturated heterocycles. The second-order valence-corrected chi connectivity index (χ2v) is 7.52. The first-order chi connectivity index (χ1) is 16.0. The van der Waals surface area contributed by atoms with Crippen molar-refractivity contribution in [2.75, 3.05) is 32.0 Å². The maximum Gasteiger partial charge on any atom is 0.251 e. The molecule has 0 radical (unpaired) electrons. The largest absolute Gasteiger partial charge is 0.497 e. The van der Waals surface area contributed by atoms with Gasteiger partial charge in [0.05, 0.1) is 39.1 Å². The van der Waals surface area contributed by atoms with Crippen molar-refractivity contribution in [3.63, 3.8) is 0 Å². The average Bonchev–Trinajstić information content (AvgIpc) is 3.33. The molecule has 2 heterocycles. The third kappa shape index (κ3) is 4.21. The number of aryl methyl sites for hydroxylation is 1. The Labute approximate surface area is 191 Å². The van der Waals surface area contributed by atoms with Gasteiger partial charge in [0.2, 0.25) is 5.91 Å². The lowest BCUT2D eigenvalue weighted by Crippen LogP contribution is -2.24. The lowest BCUT2D eigenvalue weighted by Gasteiger charge is -2.13. The molecule has 2 aromatic carbocycles. The molecule has 0 bridgehead atoms. The minimum atomic E-state index is -0.756. The van der Waals surface area contributed by atoms with Crippen molar-refractivity contribution in [3.05, 3.63) is 48.2 Å². The zero-order chi connectivity index (χ0) is 23.5. The lowest BCUT2D eigenvalue weighted by atomic mass is 10.0. The lowest BCUT2D eigenvalue weighted by molar-refractivity contribution is -0.123. The first-order valence-electron chi connectivity index (χ1n) is 10.6. The van der Waals surface area contributed by atoms with Crippen molar-refractivity contribution < 1.29 is 23.8 Å². The Morgan fingerprint density at radius 1 is 1.06 bits per heavy atom. The van der Waals surface area contributed by atoms with Crippen LogP contribution in [0.4, 0.5) is 11.5 Å². The van der Waals surface area contributed by atoms with Crippen molar-refractivity contribution in [1.29, 1.82) is 0 Å². The fraction of sp³-hybridized carbons (Fsp3) is 0.292. The zero-order valence-corrected chi connectivity index (χ0v) is 19.0. The average molecular weight is 450 g/mol. The first-order valence-corrected chi connectivity index (χ1v) is 10.6. The van der Waals surface area contributed by atoms with Crippen LogP contribution in [-0.2, 0) is 16.0 Å². The molecule has 1 aliphatic rings. The van der Waals surface area contributed by atoms with Crippen LogP contribution >= 0.6 is 0 Å². The zero-order valence-electron chi connectivity index (χ0n) is 19.0. The van der Waals surface area contributed by atoms with E-state index in [4.69, 9.17) is 14.2 Å². The number of aromatic nitrogens is 2.